The zero-order chi connectivity index (χ0) is 40.1. The molecule has 14 nitrogen and oxygen atoms in total. The number of hydrazine groups is 1. The first-order valence-corrected chi connectivity index (χ1v) is 19.0. The lowest BCUT2D eigenvalue weighted by Crippen LogP contribution is -2.59. The molecule has 2 aromatic carbocycles. The monoisotopic (exact) mass is 759 g/mol. The summed E-state index contributed by atoms with van der Waals surface area (Å²) in [7, 11) is 1.56. The first kappa shape index (κ1) is 42.5. The first-order valence-electron chi connectivity index (χ1n) is 19.0. The number of methoxy groups -OCH3 is 1. The number of carbonyl (C=O) groups excluding carboxylic acids is 3. The van der Waals surface area contributed by atoms with E-state index in [1.54, 1.807) is 36.0 Å². The maximum absolute atomic E-state index is 14.4. The SMILES string of the molecule is CC[C@H](C)[C@H](NC(=O)O)C(=O)NN(Cc1ccc(OC)cc1)C[C@H](O)[C@H](Cc1ccccc1)NC(=O)[C@H]([C@@H](C)CC)N1CCN(Cc2cccc(C)n2)C1=O. The van der Waals surface area contributed by atoms with Crippen molar-refractivity contribution in [3.63, 3.8) is 0 Å². The number of nitrogens with zero attached hydrogens (tertiary/aromatic N) is 4. The van der Waals surface area contributed by atoms with Crippen LogP contribution in [0.3, 0.4) is 0 Å². The summed E-state index contributed by atoms with van der Waals surface area (Å²) in [6.45, 7) is 10.6. The van der Waals surface area contributed by atoms with Gasteiger partial charge >= 0.3 is 12.1 Å². The lowest BCUT2D eigenvalue weighted by molar-refractivity contribution is -0.132. The van der Waals surface area contributed by atoms with Crippen LogP contribution in [0.25, 0.3) is 0 Å². The van der Waals surface area contributed by atoms with E-state index in [-0.39, 0.29) is 43.3 Å². The van der Waals surface area contributed by atoms with Gasteiger partial charge in [-0.25, -0.2) is 14.6 Å². The Morgan fingerprint density at radius 1 is 0.891 bits per heavy atom. The molecule has 4 rings (SSSR count). The van der Waals surface area contributed by atoms with Crippen LogP contribution in [0.1, 0.15) is 63.1 Å². The van der Waals surface area contributed by atoms with Crippen LogP contribution in [0.2, 0.25) is 0 Å². The number of aliphatic hydroxyl groups excluding tert-OH is 1. The number of benzene rings is 2. The van der Waals surface area contributed by atoms with Gasteiger partial charge in [0.15, 0.2) is 0 Å². The molecule has 55 heavy (non-hydrogen) atoms. The summed E-state index contributed by atoms with van der Waals surface area (Å²) in [4.78, 5) is 61.4. The number of pyridine rings is 1. The zero-order valence-corrected chi connectivity index (χ0v) is 32.8. The number of hydrogen-bond acceptors (Lipinski definition) is 8. The van der Waals surface area contributed by atoms with Crippen molar-refractivity contribution in [2.45, 2.75) is 91.2 Å². The molecule has 2 heterocycles. The molecule has 3 aromatic rings. The number of nitrogens with one attached hydrogen (secondary N) is 3. The molecule has 0 unspecified atom stereocenters. The molecule has 0 radical (unpaired) electrons. The summed E-state index contributed by atoms with van der Waals surface area (Å²) < 4.78 is 5.30. The van der Waals surface area contributed by atoms with E-state index in [4.69, 9.17) is 4.74 Å². The number of aromatic nitrogens is 1. The molecule has 1 aromatic heterocycles. The second-order valence-electron chi connectivity index (χ2n) is 14.4. The molecule has 0 spiro atoms. The summed E-state index contributed by atoms with van der Waals surface area (Å²) in [5.74, 6) is -0.818. The normalized spacial score (nSPS) is 16.2. The Morgan fingerprint density at radius 2 is 1.58 bits per heavy atom. The largest absolute Gasteiger partial charge is 0.497 e. The Morgan fingerprint density at radius 3 is 2.20 bits per heavy atom. The van der Waals surface area contributed by atoms with Crippen molar-refractivity contribution in [2.75, 3.05) is 26.7 Å². The fourth-order valence-electron chi connectivity index (χ4n) is 6.75. The minimum atomic E-state index is -1.32. The average Bonchev–Trinajstić information content (AvgIpc) is 3.51. The van der Waals surface area contributed by atoms with Gasteiger partial charge in [-0.1, -0.05) is 89.1 Å². The second kappa shape index (κ2) is 20.5. The van der Waals surface area contributed by atoms with Crippen molar-refractivity contribution in [3.8, 4) is 5.75 Å². The summed E-state index contributed by atoms with van der Waals surface area (Å²) in [5, 5.41) is 28.5. The van der Waals surface area contributed by atoms with Gasteiger partial charge < -0.3 is 35.4 Å². The van der Waals surface area contributed by atoms with Crippen LogP contribution in [0.15, 0.2) is 72.8 Å². The maximum Gasteiger partial charge on any atom is 0.405 e. The minimum absolute atomic E-state index is 0.121. The lowest BCUT2D eigenvalue weighted by Gasteiger charge is -2.35. The molecule has 1 fully saturated rings. The molecule has 0 bridgehead atoms. The topological polar surface area (TPSA) is 177 Å². The van der Waals surface area contributed by atoms with Crippen molar-refractivity contribution in [1.29, 1.82) is 0 Å². The molecule has 1 saturated heterocycles. The molecule has 5 N–H and O–H groups in total. The Labute approximate surface area is 324 Å². The fraction of sp³-hybridized carbons (Fsp3) is 0.488. The van der Waals surface area contributed by atoms with Crippen molar-refractivity contribution in [3.05, 3.63) is 95.3 Å². The fourth-order valence-corrected chi connectivity index (χ4v) is 6.75. The lowest BCUT2D eigenvalue weighted by atomic mass is 9.95. The summed E-state index contributed by atoms with van der Waals surface area (Å²) in [6, 6.07) is 19.4. The van der Waals surface area contributed by atoms with Gasteiger partial charge in [0.05, 0.1) is 31.5 Å². The molecular formula is C41H57N7O7. The Bertz CT molecular complexity index is 1710. The number of aliphatic hydroxyl groups is 1. The molecule has 0 saturated carbocycles. The van der Waals surface area contributed by atoms with Gasteiger partial charge in [0, 0.05) is 31.9 Å². The Kier molecular flexibility index (Phi) is 15.8. The first-order chi connectivity index (χ1) is 26.3. The predicted molar refractivity (Wildman–Crippen MR) is 209 cm³/mol. The van der Waals surface area contributed by atoms with Crippen molar-refractivity contribution >= 4 is 23.9 Å². The highest BCUT2D eigenvalue weighted by Crippen LogP contribution is 2.23. The Balaban J connectivity index is 1.60. The molecule has 0 aliphatic carbocycles. The molecular weight excluding hydrogens is 702 g/mol. The number of ether oxygens (including phenoxy) is 1. The van der Waals surface area contributed by atoms with E-state index in [9.17, 15) is 29.4 Å². The van der Waals surface area contributed by atoms with Gasteiger partial charge in [0.25, 0.3) is 5.91 Å². The third kappa shape index (κ3) is 12.1. The van der Waals surface area contributed by atoms with Crippen LogP contribution in [-0.2, 0) is 29.1 Å². The van der Waals surface area contributed by atoms with Gasteiger partial charge in [0.1, 0.15) is 17.8 Å². The number of carboxylic acid groups (broad SMARTS) is 1. The second-order valence-corrected chi connectivity index (χ2v) is 14.4. The number of amides is 5. The van der Waals surface area contributed by atoms with Crippen molar-refractivity contribution in [1.82, 2.24) is 35.9 Å². The van der Waals surface area contributed by atoms with Gasteiger partial charge in [-0.3, -0.25) is 20.0 Å². The number of hydrogen-bond donors (Lipinski definition) is 5. The number of rotatable bonds is 20. The van der Waals surface area contributed by atoms with Crippen LogP contribution >= 0.6 is 0 Å². The molecule has 1 aliphatic rings. The third-order valence-electron chi connectivity index (χ3n) is 10.3. The van der Waals surface area contributed by atoms with E-state index in [0.29, 0.717) is 38.2 Å². The molecule has 6 atom stereocenters. The van der Waals surface area contributed by atoms with E-state index in [1.165, 1.54) is 5.01 Å². The minimum Gasteiger partial charge on any atom is -0.497 e. The van der Waals surface area contributed by atoms with Crippen molar-refractivity contribution < 1.29 is 34.1 Å². The van der Waals surface area contributed by atoms with E-state index in [0.717, 1.165) is 22.5 Å². The third-order valence-corrected chi connectivity index (χ3v) is 10.3. The standard InChI is InChI=1S/C41H57N7O7/c1-7-27(3)36(44-40(52)53)38(50)45-47(24-31-17-19-33(55-6)20-18-31)26-35(49)34(23-30-14-10-9-11-15-30)43-39(51)37(28(4)8-2)48-22-21-46(41(48)54)25-32-16-12-13-29(5)42-32/h9-20,27-28,34-37,44,49H,7-8,21-26H2,1-6H3,(H,43,51)(H,45,50)(H,52,53)/t27-,28-,34-,35-,36-,37-/m0/s1. The number of carbonyl (C=O) groups is 4. The van der Waals surface area contributed by atoms with Crippen LogP contribution in [0.5, 0.6) is 5.75 Å². The van der Waals surface area contributed by atoms with E-state index in [1.807, 2.05) is 88.4 Å². The van der Waals surface area contributed by atoms with Crippen LogP contribution in [0.4, 0.5) is 9.59 Å². The maximum atomic E-state index is 14.4. The number of urea groups is 1. The molecule has 14 heteroatoms. The predicted octanol–water partition coefficient (Wildman–Crippen LogP) is 4.36. The highest BCUT2D eigenvalue weighted by molar-refractivity contribution is 5.88. The van der Waals surface area contributed by atoms with E-state index < -0.39 is 36.2 Å². The zero-order valence-electron chi connectivity index (χ0n) is 32.8. The smallest absolute Gasteiger partial charge is 0.405 e. The van der Waals surface area contributed by atoms with Gasteiger partial charge in [-0.15, -0.1) is 0 Å². The van der Waals surface area contributed by atoms with E-state index in [2.05, 4.69) is 21.0 Å². The quantitative estimate of drug-likeness (QED) is 0.105. The molecule has 298 valence electrons. The highest BCUT2D eigenvalue weighted by Gasteiger charge is 2.41. The highest BCUT2D eigenvalue weighted by atomic mass is 16.5. The van der Waals surface area contributed by atoms with Crippen LogP contribution in [-0.4, -0.2) is 105 Å². The summed E-state index contributed by atoms with van der Waals surface area (Å²) >= 11 is 0. The summed E-state index contributed by atoms with van der Waals surface area (Å²) in [6.07, 6.45) is -1.10. The van der Waals surface area contributed by atoms with Gasteiger partial charge in [-0.05, 0) is 60.6 Å². The average molecular weight is 760 g/mol. The molecule has 1 aliphatic heterocycles. The van der Waals surface area contributed by atoms with Gasteiger partial charge in [-0.2, -0.15) is 0 Å². The van der Waals surface area contributed by atoms with Crippen LogP contribution in [0, 0.1) is 18.8 Å². The molecule has 5 amide bonds. The number of aryl methyl sites for hydroxylation is 1. The summed E-state index contributed by atoms with van der Waals surface area (Å²) in [5.41, 5.74) is 6.13. The van der Waals surface area contributed by atoms with E-state index >= 15 is 0 Å². The van der Waals surface area contributed by atoms with Gasteiger partial charge in [0.2, 0.25) is 5.91 Å². The Hall–Kier alpha value is -5.21. The van der Waals surface area contributed by atoms with Crippen LogP contribution < -0.4 is 20.8 Å². The van der Waals surface area contributed by atoms with Crippen molar-refractivity contribution in [2.24, 2.45) is 11.8 Å².